The summed E-state index contributed by atoms with van der Waals surface area (Å²) >= 11 is 7.25. The number of carbonyl (C=O) groups is 1. The van der Waals surface area contributed by atoms with Gasteiger partial charge in [0.05, 0.1) is 35.1 Å². The summed E-state index contributed by atoms with van der Waals surface area (Å²) in [4.78, 5) is 31.9. The van der Waals surface area contributed by atoms with Crippen LogP contribution in [0.4, 0.5) is 0 Å². The molecule has 2 aromatic carbocycles. The molecule has 0 fully saturated rings. The second-order valence-electron chi connectivity index (χ2n) is 8.24. The monoisotopic (exact) mass is 554 g/mol. The van der Waals surface area contributed by atoms with E-state index in [2.05, 4.69) is 11.6 Å². The highest BCUT2D eigenvalue weighted by molar-refractivity contribution is 7.07. The molecule has 3 aromatic rings. The maximum Gasteiger partial charge on any atom is 0.338 e. The molecule has 4 rings (SSSR count). The van der Waals surface area contributed by atoms with Gasteiger partial charge in [0.1, 0.15) is 12.4 Å². The van der Waals surface area contributed by atoms with Gasteiger partial charge in [-0.05, 0) is 62.7 Å². The van der Waals surface area contributed by atoms with Crippen LogP contribution in [0.1, 0.15) is 37.9 Å². The lowest BCUT2D eigenvalue weighted by atomic mass is 9.95. The third-order valence-corrected chi connectivity index (χ3v) is 6.95. The number of halogens is 1. The minimum absolute atomic E-state index is 0.0170. The molecule has 10 heteroatoms. The lowest BCUT2D eigenvalue weighted by molar-refractivity contribution is -0.139. The average molecular weight is 555 g/mol. The second-order valence-corrected chi connectivity index (χ2v) is 9.69. The summed E-state index contributed by atoms with van der Waals surface area (Å²) in [6.45, 7) is 9.81. The molecule has 0 bridgehead atoms. The summed E-state index contributed by atoms with van der Waals surface area (Å²) in [6.07, 6.45) is 3.19. The largest absolute Gasteiger partial charge is 0.507 e. The van der Waals surface area contributed by atoms with Gasteiger partial charge >= 0.3 is 5.97 Å². The Hall–Kier alpha value is -3.82. The Kier molecular flexibility index (Phi) is 8.38. The molecule has 1 aliphatic heterocycles. The molecule has 0 saturated carbocycles. The van der Waals surface area contributed by atoms with Gasteiger partial charge in [0.2, 0.25) is 0 Å². The highest BCUT2D eigenvalue weighted by Crippen LogP contribution is 2.36. The predicted molar refractivity (Wildman–Crippen MR) is 147 cm³/mol. The summed E-state index contributed by atoms with van der Waals surface area (Å²) in [5.74, 6) is 0.399. The third-order valence-electron chi connectivity index (χ3n) is 5.73. The minimum Gasteiger partial charge on any atom is -0.507 e. The maximum atomic E-state index is 13.8. The summed E-state index contributed by atoms with van der Waals surface area (Å²) in [5, 5.41) is 10.7. The van der Waals surface area contributed by atoms with Crippen LogP contribution < -0.4 is 24.4 Å². The van der Waals surface area contributed by atoms with Gasteiger partial charge < -0.3 is 19.3 Å². The van der Waals surface area contributed by atoms with Crippen molar-refractivity contribution in [2.45, 2.75) is 26.8 Å². The number of carbonyl (C=O) groups excluding carboxylic acids is 1. The van der Waals surface area contributed by atoms with Crippen molar-refractivity contribution >= 4 is 35.0 Å². The number of thiazole rings is 1. The van der Waals surface area contributed by atoms with Crippen LogP contribution in [0.15, 0.2) is 70.1 Å². The molecule has 1 atom stereocenters. The van der Waals surface area contributed by atoms with Crippen LogP contribution in [0.5, 0.6) is 17.2 Å². The molecule has 0 radical (unpaired) electrons. The lowest BCUT2D eigenvalue weighted by Gasteiger charge is -2.25. The first-order chi connectivity index (χ1) is 18.3. The molecule has 38 heavy (non-hydrogen) atoms. The van der Waals surface area contributed by atoms with Gasteiger partial charge in [0.25, 0.3) is 5.56 Å². The van der Waals surface area contributed by atoms with E-state index in [9.17, 15) is 14.7 Å². The van der Waals surface area contributed by atoms with Crippen molar-refractivity contribution in [1.29, 1.82) is 0 Å². The van der Waals surface area contributed by atoms with E-state index in [0.29, 0.717) is 55.9 Å². The standard InChI is InChI=1S/C28H27ClN2O6S/c1-5-12-37-21-11-8-17(14-22(21)35-6-2)25-24(27(34)36-7-3)16(4)30-28-31(25)26(33)23(38-28)15-18-13-19(29)9-10-20(18)32/h5,8-11,13-15,25,32H,1,6-7,12H2,2-4H3/b23-15-. The van der Waals surface area contributed by atoms with Crippen LogP contribution in [-0.2, 0) is 9.53 Å². The first kappa shape index (κ1) is 27.2. The van der Waals surface area contributed by atoms with Crippen LogP contribution >= 0.6 is 22.9 Å². The first-order valence-corrected chi connectivity index (χ1v) is 13.2. The summed E-state index contributed by atoms with van der Waals surface area (Å²) in [6, 6.07) is 9.03. The number of fused-ring (bicyclic) bond motifs is 1. The lowest BCUT2D eigenvalue weighted by Crippen LogP contribution is -2.40. The second kappa shape index (κ2) is 11.7. The molecule has 2 heterocycles. The van der Waals surface area contributed by atoms with Crippen molar-refractivity contribution in [3.63, 3.8) is 0 Å². The average Bonchev–Trinajstić information content (AvgIpc) is 3.19. The number of rotatable bonds is 9. The van der Waals surface area contributed by atoms with Gasteiger partial charge in [-0.15, -0.1) is 0 Å². The van der Waals surface area contributed by atoms with E-state index in [1.165, 1.54) is 10.6 Å². The number of hydrogen-bond donors (Lipinski definition) is 1. The number of aromatic nitrogens is 1. The SMILES string of the molecule is C=CCOc1ccc(C2C(C(=O)OCC)=C(C)N=c3s/c(=C\c4cc(Cl)ccc4O)c(=O)n32)cc1OCC. The summed E-state index contributed by atoms with van der Waals surface area (Å²) < 4.78 is 18.7. The van der Waals surface area contributed by atoms with Crippen molar-refractivity contribution in [2.24, 2.45) is 4.99 Å². The number of phenols is 1. The van der Waals surface area contributed by atoms with Gasteiger partial charge in [-0.2, -0.15) is 0 Å². The molecule has 0 saturated heterocycles. The highest BCUT2D eigenvalue weighted by atomic mass is 35.5. The van der Waals surface area contributed by atoms with Gasteiger partial charge in [-0.1, -0.05) is 41.7 Å². The van der Waals surface area contributed by atoms with E-state index < -0.39 is 12.0 Å². The third kappa shape index (κ3) is 5.39. The Morgan fingerprint density at radius 2 is 1.97 bits per heavy atom. The van der Waals surface area contributed by atoms with Gasteiger partial charge in [-0.25, -0.2) is 9.79 Å². The normalized spacial score (nSPS) is 15.1. The van der Waals surface area contributed by atoms with Gasteiger partial charge in [0, 0.05) is 10.6 Å². The number of benzene rings is 2. The van der Waals surface area contributed by atoms with Crippen molar-refractivity contribution < 1.29 is 24.1 Å². The highest BCUT2D eigenvalue weighted by Gasteiger charge is 2.34. The van der Waals surface area contributed by atoms with E-state index in [0.717, 1.165) is 11.3 Å². The van der Waals surface area contributed by atoms with Crippen LogP contribution in [0, 0.1) is 0 Å². The molecule has 8 nitrogen and oxygen atoms in total. The summed E-state index contributed by atoms with van der Waals surface area (Å²) in [7, 11) is 0. The zero-order valence-corrected chi connectivity index (χ0v) is 22.8. The fraction of sp³-hybridized carbons (Fsp3) is 0.250. The van der Waals surface area contributed by atoms with E-state index in [-0.39, 0.29) is 23.5 Å². The number of hydrogen-bond acceptors (Lipinski definition) is 8. The number of esters is 1. The molecule has 1 N–H and O–H groups in total. The smallest absolute Gasteiger partial charge is 0.338 e. The maximum absolute atomic E-state index is 13.8. The van der Waals surface area contributed by atoms with Gasteiger partial charge in [0.15, 0.2) is 16.3 Å². The Balaban J connectivity index is 1.96. The number of nitrogens with zero attached hydrogens (tertiary/aromatic N) is 2. The van der Waals surface area contributed by atoms with Crippen LogP contribution in [0.2, 0.25) is 5.02 Å². The molecule has 0 aliphatic carbocycles. The van der Waals surface area contributed by atoms with Gasteiger partial charge in [-0.3, -0.25) is 9.36 Å². The molecule has 0 amide bonds. The van der Waals surface area contributed by atoms with E-state index >= 15 is 0 Å². The predicted octanol–water partition coefficient (Wildman–Crippen LogP) is 4.12. The molecule has 1 aliphatic rings. The Morgan fingerprint density at radius 1 is 1.18 bits per heavy atom. The van der Waals surface area contributed by atoms with E-state index in [4.69, 9.17) is 25.8 Å². The Labute approximate surface area is 228 Å². The molecular weight excluding hydrogens is 528 g/mol. The van der Waals surface area contributed by atoms with Crippen LogP contribution in [-0.4, -0.2) is 35.5 Å². The minimum atomic E-state index is -0.826. The van der Waals surface area contributed by atoms with Crippen molar-refractivity contribution in [2.75, 3.05) is 19.8 Å². The Morgan fingerprint density at radius 3 is 2.68 bits per heavy atom. The number of ether oxygens (including phenoxy) is 3. The van der Waals surface area contributed by atoms with Crippen molar-refractivity contribution in [1.82, 2.24) is 4.57 Å². The Bertz CT molecular complexity index is 1600. The summed E-state index contributed by atoms with van der Waals surface area (Å²) in [5.41, 5.74) is 1.32. The zero-order valence-electron chi connectivity index (χ0n) is 21.2. The molecular formula is C28H27ClN2O6S. The quantitative estimate of drug-likeness (QED) is 0.315. The zero-order chi connectivity index (χ0) is 27.4. The number of phenolic OH excluding ortho intramolecular Hbond substituents is 1. The van der Waals surface area contributed by atoms with Crippen LogP contribution in [0.3, 0.4) is 0 Å². The number of allylic oxidation sites excluding steroid dienone is 1. The fourth-order valence-corrected chi connectivity index (χ4v) is 5.34. The van der Waals surface area contributed by atoms with Crippen molar-refractivity contribution in [3.05, 3.63) is 96.2 Å². The first-order valence-electron chi connectivity index (χ1n) is 12.0. The molecule has 198 valence electrons. The van der Waals surface area contributed by atoms with Crippen molar-refractivity contribution in [3.8, 4) is 17.2 Å². The van der Waals surface area contributed by atoms with Crippen LogP contribution in [0.25, 0.3) is 6.08 Å². The van der Waals surface area contributed by atoms with E-state index in [1.807, 2.05) is 6.92 Å². The van der Waals surface area contributed by atoms with E-state index in [1.54, 1.807) is 56.3 Å². The topological polar surface area (TPSA) is 99.4 Å². The molecule has 1 aromatic heterocycles. The molecule has 0 spiro atoms. The number of aromatic hydroxyl groups is 1. The fourth-order valence-electron chi connectivity index (χ4n) is 4.12. The molecule has 1 unspecified atom stereocenters.